The number of benzene rings is 1. The lowest BCUT2D eigenvalue weighted by Gasteiger charge is -2.01. The van der Waals surface area contributed by atoms with E-state index in [1.54, 1.807) is 0 Å². The fraction of sp³-hybridized carbons (Fsp3) is 0.529. The lowest BCUT2D eigenvalue weighted by atomic mass is 10.1. The van der Waals surface area contributed by atoms with Crippen LogP contribution in [0.25, 0.3) is 11.3 Å². The summed E-state index contributed by atoms with van der Waals surface area (Å²) in [4.78, 5) is 0. The molecular weight excluding hydrogens is 246 g/mol. The molecule has 1 aromatic carbocycles. The Kier molecular flexibility index (Phi) is 5.78. The summed E-state index contributed by atoms with van der Waals surface area (Å²) in [5.41, 5.74) is 3.38. The first-order chi connectivity index (χ1) is 9.79. The second-order valence-corrected chi connectivity index (χ2v) is 5.50. The maximum atomic E-state index is 4.27. The second kappa shape index (κ2) is 7.83. The van der Waals surface area contributed by atoms with Crippen LogP contribution in [0.3, 0.4) is 0 Å². The van der Waals surface area contributed by atoms with Crippen molar-refractivity contribution in [2.45, 2.75) is 58.9 Å². The standard InChI is InChI=1S/C17H25N3/c1-3-4-5-6-7-8-12-20-14-17(18-19-20)16-11-9-10-15(2)13-16/h9-11,13-14H,3-8,12H2,1-2H3. The molecule has 3 heteroatoms. The molecule has 0 saturated carbocycles. The molecule has 0 aliphatic carbocycles. The van der Waals surface area contributed by atoms with Crippen LogP contribution in [-0.4, -0.2) is 15.0 Å². The molecule has 0 aliphatic heterocycles. The molecular formula is C17H25N3. The molecule has 0 unspecified atom stereocenters. The number of unbranched alkanes of at least 4 members (excludes halogenated alkanes) is 5. The monoisotopic (exact) mass is 271 g/mol. The average molecular weight is 271 g/mol. The van der Waals surface area contributed by atoms with Crippen LogP contribution in [0.15, 0.2) is 30.5 Å². The summed E-state index contributed by atoms with van der Waals surface area (Å²) >= 11 is 0. The highest BCUT2D eigenvalue weighted by atomic mass is 15.4. The van der Waals surface area contributed by atoms with E-state index in [4.69, 9.17) is 0 Å². The largest absolute Gasteiger partial charge is 0.252 e. The van der Waals surface area contributed by atoms with Crippen molar-refractivity contribution in [3.63, 3.8) is 0 Å². The molecule has 20 heavy (non-hydrogen) atoms. The van der Waals surface area contributed by atoms with Gasteiger partial charge in [0.25, 0.3) is 0 Å². The van der Waals surface area contributed by atoms with E-state index in [-0.39, 0.29) is 0 Å². The fourth-order valence-electron chi connectivity index (χ4n) is 2.40. The molecule has 0 spiro atoms. The van der Waals surface area contributed by atoms with E-state index in [0.29, 0.717) is 0 Å². The molecule has 0 fully saturated rings. The van der Waals surface area contributed by atoms with Crippen molar-refractivity contribution in [1.82, 2.24) is 15.0 Å². The zero-order valence-corrected chi connectivity index (χ0v) is 12.7. The minimum atomic E-state index is 0.972. The van der Waals surface area contributed by atoms with E-state index in [2.05, 4.69) is 54.6 Å². The van der Waals surface area contributed by atoms with Gasteiger partial charge in [-0.05, 0) is 19.4 Å². The highest BCUT2D eigenvalue weighted by Gasteiger charge is 2.03. The van der Waals surface area contributed by atoms with Crippen molar-refractivity contribution in [3.05, 3.63) is 36.0 Å². The summed E-state index contributed by atoms with van der Waals surface area (Å²) < 4.78 is 1.97. The Morgan fingerprint density at radius 3 is 2.65 bits per heavy atom. The van der Waals surface area contributed by atoms with Crippen molar-refractivity contribution < 1.29 is 0 Å². The molecule has 2 rings (SSSR count). The zero-order valence-electron chi connectivity index (χ0n) is 12.7. The Morgan fingerprint density at radius 1 is 1.05 bits per heavy atom. The minimum Gasteiger partial charge on any atom is -0.252 e. The van der Waals surface area contributed by atoms with Crippen molar-refractivity contribution in [3.8, 4) is 11.3 Å². The molecule has 2 aromatic rings. The predicted molar refractivity (Wildman–Crippen MR) is 83.6 cm³/mol. The van der Waals surface area contributed by atoms with Gasteiger partial charge < -0.3 is 0 Å². The van der Waals surface area contributed by atoms with Crippen LogP contribution in [0.5, 0.6) is 0 Å². The lowest BCUT2D eigenvalue weighted by Crippen LogP contribution is -1.98. The number of aryl methyl sites for hydroxylation is 2. The molecule has 0 atom stereocenters. The number of hydrogen-bond donors (Lipinski definition) is 0. The van der Waals surface area contributed by atoms with Gasteiger partial charge in [-0.1, -0.05) is 68.0 Å². The van der Waals surface area contributed by atoms with E-state index in [1.807, 2.05) is 4.68 Å². The van der Waals surface area contributed by atoms with Crippen molar-refractivity contribution in [1.29, 1.82) is 0 Å². The Bertz CT molecular complexity index is 516. The number of aromatic nitrogens is 3. The summed E-state index contributed by atoms with van der Waals surface area (Å²) in [6, 6.07) is 8.41. The van der Waals surface area contributed by atoms with Crippen LogP contribution in [0.4, 0.5) is 0 Å². The van der Waals surface area contributed by atoms with Crippen LogP contribution in [0.1, 0.15) is 51.0 Å². The van der Waals surface area contributed by atoms with E-state index in [0.717, 1.165) is 17.8 Å². The van der Waals surface area contributed by atoms with E-state index in [9.17, 15) is 0 Å². The third kappa shape index (κ3) is 4.48. The molecule has 0 saturated heterocycles. The summed E-state index contributed by atoms with van der Waals surface area (Å²) in [5.74, 6) is 0. The smallest absolute Gasteiger partial charge is 0.113 e. The van der Waals surface area contributed by atoms with Gasteiger partial charge in [0.1, 0.15) is 5.69 Å². The van der Waals surface area contributed by atoms with E-state index >= 15 is 0 Å². The predicted octanol–water partition coefficient (Wildman–Crippen LogP) is 4.61. The topological polar surface area (TPSA) is 30.7 Å². The van der Waals surface area contributed by atoms with Gasteiger partial charge in [-0.15, -0.1) is 5.10 Å². The van der Waals surface area contributed by atoms with Gasteiger partial charge in [0, 0.05) is 12.1 Å². The maximum Gasteiger partial charge on any atom is 0.113 e. The summed E-state index contributed by atoms with van der Waals surface area (Å²) in [6.07, 6.45) is 9.92. The first-order valence-corrected chi connectivity index (χ1v) is 7.77. The maximum absolute atomic E-state index is 4.27. The quantitative estimate of drug-likeness (QED) is 0.656. The summed E-state index contributed by atoms with van der Waals surface area (Å²) in [5, 5.41) is 8.49. The van der Waals surface area contributed by atoms with Gasteiger partial charge in [-0.3, -0.25) is 4.68 Å². The molecule has 0 radical (unpaired) electrons. The number of hydrogen-bond acceptors (Lipinski definition) is 2. The van der Waals surface area contributed by atoms with Gasteiger partial charge in [0.05, 0.1) is 6.20 Å². The molecule has 0 amide bonds. The molecule has 0 bridgehead atoms. The number of nitrogens with zero attached hydrogens (tertiary/aromatic N) is 3. The van der Waals surface area contributed by atoms with Gasteiger partial charge in [-0.2, -0.15) is 0 Å². The number of rotatable bonds is 8. The van der Waals surface area contributed by atoms with Gasteiger partial charge in [0.15, 0.2) is 0 Å². The Hall–Kier alpha value is -1.64. The Labute approximate surface area is 122 Å². The zero-order chi connectivity index (χ0) is 14.2. The Morgan fingerprint density at radius 2 is 1.85 bits per heavy atom. The summed E-state index contributed by atoms with van der Waals surface area (Å²) in [6.45, 7) is 5.33. The highest BCUT2D eigenvalue weighted by Crippen LogP contribution is 2.17. The van der Waals surface area contributed by atoms with Gasteiger partial charge in [-0.25, -0.2) is 0 Å². The van der Waals surface area contributed by atoms with E-state index < -0.39 is 0 Å². The Balaban J connectivity index is 1.80. The first-order valence-electron chi connectivity index (χ1n) is 7.77. The molecule has 1 heterocycles. The molecule has 3 nitrogen and oxygen atoms in total. The van der Waals surface area contributed by atoms with Crippen molar-refractivity contribution in [2.75, 3.05) is 0 Å². The molecule has 0 N–H and O–H groups in total. The van der Waals surface area contributed by atoms with Crippen molar-refractivity contribution in [2.24, 2.45) is 0 Å². The SMILES string of the molecule is CCCCCCCCn1cc(-c2cccc(C)c2)nn1. The van der Waals surface area contributed by atoms with Crippen LogP contribution in [0.2, 0.25) is 0 Å². The minimum absolute atomic E-state index is 0.972. The third-order valence-corrected chi connectivity index (χ3v) is 3.59. The molecule has 108 valence electrons. The van der Waals surface area contributed by atoms with Gasteiger partial charge in [0.2, 0.25) is 0 Å². The highest BCUT2D eigenvalue weighted by molar-refractivity contribution is 5.58. The lowest BCUT2D eigenvalue weighted by molar-refractivity contribution is 0.516. The summed E-state index contributed by atoms with van der Waals surface area (Å²) in [7, 11) is 0. The van der Waals surface area contributed by atoms with Gasteiger partial charge >= 0.3 is 0 Å². The average Bonchev–Trinajstić information content (AvgIpc) is 2.91. The molecule has 1 aromatic heterocycles. The third-order valence-electron chi connectivity index (χ3n) is 3.59. The van der Waals surface area contributed by atoms with Crippen LogP contribution >= 0.6 is 0 Å². The molecule has 0 aliphatic rings. The van der Waals surface area contributed by atoms with Crippen LogP contribution in [0, 0.1) is 6.92 Å². The second-order valence-electron chi connectivity index (χ2n) is 5.50. The van der Waals surface area contributed by atoms with E-state index in [1.165, 1.54) is 44.1 Å². The fourth-order valence-corrected chi connectivity index (χ4v) is 2.40. The normalized spacial score (nSPS) is 10.9. The van der Waals surface area contributed by atoms with Crippen molar-refractivity contribution >= 4 is 0 Å². The van der Waals surface area contributed by atoms with Crippen LogP contribution < -0.4 is 0 Å². The first kappa shape index (κ1) is 14.8. The van der Waals surface area contributed by atoms with Crippen LogP contribution in [-0.2, 0) is 6.54 Å².